The van der Waals surface area contributed by atoms with E-state index in [9.17, 15) is 0 Å². The summed E-state index contributed by atoms with van der Waals surface area (Å²) in [5, 5.41) is 0.472. The second-order valence-electron chi connectivity index (χ2n) is 3.99. The maximum absolute atomic E-state index is 6.01. The number of hydrogen-bond acceptors (Lipinski definition) is 2. The van der Waals surface area contributed by atoms with Crippen LogP contribution in [0.25, 0.3) is 0 Å². The molecular formula is C13H12BrClN2. The molecule has 2 aromatic rings. The number of hydrogen-bond donors (Lipinski definition) is 0. The second kappa shape index (κ2) is 5.15. The molecule has 0 radical (unpaired) electrons. The highest BCUT2D eigenvalue weighted by atomic mass is 79.9. The van der Waals surface area contributed by atoms with E-state index in [1.54, 1.807) is 0 Å². The molecule has 0 saturated heterocycles. The summed E-state index contributed by atoms with van der Waals surface area (Å²) in [7, 11) is 0. The monoisotopic (exact) mass is 310 g/mol. The van der Waals surface area contributed by atoms with Crippen LogP contribution in [0.5, 0.6) is 0 Å². The largest absolute Gasteiger partial charge is 0.237 e. The first-order chi connectivity index (χ1) is 8.06. The molecule has 0 aliphatic heterocycles. The SMILES string of the molecule is Cc1ccc(Cc2nc(C)c(Br)c(Cl)n2)cc1. The van der Waals surface area contributed by atoms with Crippen molar-refractivity contribution in [3.8, 4) is 0 Å². The predicted octanol–water partition coefficient (Wildman–Crippen LogP) is 4.10. The van der Waals surface area contributed by atoms with Crippen LogP contribution in [-0.2, 0) is 6.42 Å². The lowest BCUT2D eigenvalue weighted by Crippen LogP contribution is -2.00. The fourth-order valence-electron chi connectivity index (χ4n) is 1.55. The topological polar surface area (TPSA) is 25.8 Å². The predicted molar refractivity (Wildman–Crippen MR) is 73.5 cm³/mol. The number of halogens is 2. The van der Waals surface area contributed by atoms with Crippen LogP contribution in [0.1, 0.15) is 22.6 Å². The van der Waals surface area contributed by atoms with E-state index in [2.05, 4.69) is 57.1 Å². The molecule has 1 aromatic heterocycles. The maximum Gasteiger partial charge on any atom is 0.147 e. The minimum absolute atomic E-state index is 0.472. The van der Waals surface area contributed by atoms with Crippen LogP contribution in [0.4, 0.5) is 0 Å². The molecule has 1 heterocycles. The van der Waals surface area contributed by atoms with Crippen molar-refractivity contribution in [2.24, 2.45) is 0 Å². The molecule has 0 saturated carbocycles. The fraction of sp³-hybridized carbons (Fsp3) is 0.231. The molecule has 0 aliphatic carbocycles. The Bertz CT molecular complexity index is 515. The summed E-state index contributed by atoms with van der Waals surface area (Å²) in [6, 6.07) is 8.35. The molecule has 0 N–H and O–H groups in total. The van der Waals surface area contributed by atoms with Gasteiger partial charge >= 0.3 is 0 Å². The van der Waals surface area contributed by atoms with Crippen molar-refractivity contribution in [2.75, 3.05) is 0 Å². The summed E-state index contributed by atoms with van der Waals surface area (Å²) in [4.78, 5) is 8.67. The van der Waals surface area contributed by atoms with Crippen LogP contribution in [0.3, 0.4) is 0 Å². The van der Waals surface area contributed by atoms with Crippen LogP contribution in [-0.4, -0.2) is 9.97 Å². The van der Waals surface area contributed by atoms with E-state index in [1.165, 1.54) is 11.1 Å². The van der Waals surface area contributed by atoms with E-state index in [0.29, 0.717) is 11.6 Å². The minimum atomic E-state index is 0.472. The third-order valence-electron chi connectivity index (χ3n) is 2.51. The molecule has 88 valence electrons. The Labute approximate surface area is 114 Å². The zero-order chi connectivity index (χ0) is 12.4. The molecule has 0 unspecified atom stereocenters. The fourth-order valence-corrected chi connectivity index (χ4v) is 1.96. The molecule has 0 bridgehead atoms. The lowest BCUT2D eigenvalue weighted by molar-refractivity contribution is 0.934. The quantitative estimate of drug-likeness (QED) is 0.780. The number of benzene rings is 1. The van der Waals surface area contributed by atoms with Crippen molar-refractivity contribution >= 4 is 27.5 Å². The van der Waals surface area contributed by atoms with Crippen LogP contribution >= 0.6 is 27.5 Å². The van der Waals surface area contributed by atoms with Crippen molar-refractivity contribution in [3.05, 3.63) is 56.5 Å². The van der Waals surface area contributed by atoms with Gasteiger partial charge in [-0.05, 0) is 35.3 Å². The van der Waals surface area contributed by atoms with Crippen LogP contribution in [0, 0.1) is 13.8 Å². The summed E-state index contributed by atoms with van der Waals surface area (Å²) in [5.41, 5.74) is 3.31. The van der Waals surface area contributed by atoms with Gasteiger partial charge in [-0.2, -0.15) is 0 Å². The smallest absolute Gasteiger partial charge is 0.147 e. The van der Waals surface area contributed by atoms with Crippen molar-refractivity contribution in [1.29, 1.82) is 0 Å². The van der Waals surface area contributed by atoms with Gasteiger partial charge in [-0.25, -0.2) is 9.97 Å². The van der Waals surface area contributed by atoms with E-state index in [-0.39, 0.29) is 0 Å². The Hall–Kier alpha value is -0.930. The zero-order valence-corrected chi connectivity index (χ0v) is 12.0. The highest BCUT2D eigenvalue weighted by Gasteiger charge is 2.07. The average molecular weight is 312 g/mol. The third kappa shape index (κ3) is 3.05. The Morgan fingerprint density at radius 3 is 2.35 bits per heavy atom. The second-order valence-corrected chi connectivity index (χ2v) is 5.14. The first-order valence-electron chi connectivity index (χ1n) is 5.30. The van der Waals surface area contributed by atoms with Gasteiger partial charge in [-0.3, -0.25) is 0 Å². The van der Waals surface area contributed by atoms with Gasteiger partial charge in [0.05, 0.1) is 10.2 Å². The lowest BCUT2D eigenvalue weighted by Gasteiger charge is -2.05. The maximum atomic E-state index is 6.01. The van der Waals surface area contributed by atoms with Crippen molar-refractivity contribution in [2.45, 2.75) is 20.3 Å². The van der Waals surface area contributed by atoms with Gasteiger partial charge in [0.1, 0.15) is 11.0 Å². The molecule has 1 aromatic carbocycles. The Kier molecular flexibility index (Phi) is 3.79. The van der Waals surface area contributed by atoms with E-state index >= 15 is 0 Å². The molecule has 0 spiro atoms. The first kappa shape index (κ1) is 12.5. The van der Waals surface area contributed by atoms with E-state index < -0.39 is 0 Å². The van der Waals surface area contributed by atoms with E-state index in [1.807, 2.05) is 6.92 Å². The molecule has 4 heteroatoms. The third-order valence-corrected chi connectivity index (χ3v) is 3.96. The zero-order valence-electron chi connectivity index (χ0n) is 9.67. The Morgan fingerprint density at radius 2 is 1.76 bits per heavy atom. The van der Waals surface area contributed by atoms with Crippen molar-refractivity contribution in [3.63, 3.8) is 0 Å². The number of nitrogens with zero attached hydrogens (tertiary/aromatic N) is 2. The van der Waals surface area contributed by atoms with Crippen molar-refractivity contribution in [1.82, 2.24) is 9.97 Å². The van der Waals surface area contributed by atoms with Crippen LogP contribution < -0.4 is 0 Å². The summed E-state index contributed by atoms with van der Waals surface area (Å²) in [6.07, 6.45) is 0.702. The molecular weight excluding hydrogens is 300 g/mol. The summed E-state index contributed by atoms with van der Waals surface area (Å²) in [5.74, 6) is 0.750. The molecule has 2 rings (SSSR count). The van der Waals surface area contributed by atoms with Gasteiger partial charge in [0, 0.05) is 6.42 Å². The van der Waals surface area contributed by atoms with Gasteiger partial charge in [0.2, 0.25) is 0 Å². The minimum Gasteiger partial charge on any atom is -0.237 e. The van der Waals surface area contributed by atoms with Crippen LogP contribution in [0.2, 0.25) is 5.15 Å². The van der Waals surface area contributed by atoms with Gasteiger partial charge in [-0.15, -0.1) is 0 Å². The standard InChI is InChI=1S/C13H12BrClN2/c1-8-3-5-10(6-4-8)7-11-16-9(2)12(14)13(15)17-11/h3-6H,7H2,1-2H3. The van der Waals surface area contributed by atoms with Crippen molar-refractivity contribution < 1.29 is 0 Å². The van der Waals surface area contributed by atoms with E-state index in [4.69, 9.17) is 11.6 Å². The average Bonchev–Trinajstić information content (AvgIpc) is 2.29. The number of rotatable bonds is 2. The Balaban J connectivity index is 2.27. The molecule has 0 atom stereocenters. The molecule has 2 nitrogen and oxygen atoms in total. The summed E-state index contributed by atoms with van der Waals surface area (Å²) in [6.45, 7) is 3.98. The van der Waals surface area contributed by atoms with Gasteiger partial charge in [-0.1, -0.05) is 41.4 Å². The van der Waals surface area contributed by atoms with Gasteiger partial charge in [0.25, 0.3) is 0 Å². The summed E-state index contributed by atoms with van der Waals surface area (Å²) < 4.78 is 0.770. The van der Waals surface area contributed by atoms with Gasteiger partial charge in [0.15, 0.2) is 0 Å². The first-order valence-corrected chi connectivity index (χ1v) is 6.47. The molecule has 0 fully saturated rings. The normalized spacial score (nSPS) is 10.6. The number of aromatic nitrogens is 2. The molecule has 0 amide bonds. The number of aryl methyl sites for hydroxylation is 2. The Morgan fingerprint density at radius 1 is 1.12 bits per heavy atom. The highest BCUT2D eigenvalue weighted by Crippen LogP contribution is 2.23. The highest BCUT2D eigenvalue weighted by molar-refractivity contribution is 9.10. The lowest BCUT2D eigenvalue weighted by atomic mass is 10.1. The molecule has 0 aliphatic rings. The molecule has 17 heavy (non-hydrogen) atoms. The summed E-state index contributed by atoms with van der Waals surface area (Å²) >= 11 is 9.36. The van der Waals surface area contributed by atoms with E-state index in [0.717, 1.165) is 16.0 Å². The van der Waals surface area contributed by atoms with Crippen LogP contribution in [0.15, 0.2) is 28.7 Å². The van der Waals surface area contributed by atoms with Gasteiger partial charge < -0.3 is 0 Å².